The van der Waals surface area contributed by atoms with Gasteiger partial charge in [-0.25, -0.2) is 9.78 Å². The summed E-state index contributed by atoms with van der Waals surface area (Å²) in [4.78, 5) is 17.4. The molecule has 1 fully saturated rings. The van der Waals surface area contributed by atoms with Crippen molar-refractivity contribution in [3.8, 4) is 0 Å². The van der Waals surface area contributed by atoms with E-state index in [4.69, 9.17) is 5.11 Å². The summed E-state index contributed by atoms with van der Waals surface area (Å²) >= 11 is 0. The van der Waals surface area contributed by atoms with E-state index in [2.05, 4.69) is 47.2 Å². The Labute approximate surface area is 148 Å². The van der Waals surface area contributed by atoms with Gasteiger partial charge in [0, 0.05) is 24.5 Å². The van der Waals surface area contributed by atoms with Gasteiger partial charge in [-0.05, 0) is 67.7 Å². The van der Waals surface area contributed by atoms with Crippen molar-refractivity contribution in [1.29, 1.82) is 0 Å². The van der Waals surface area contributed by atoms with Gasteiger partial charge in [0.25, 0.3) is 0 Å². The number of nitrogens with one attached hydrogen (secondary N) is 1. The van der Waals surface area contributed by atoms with Crippen molar-refractivity contribution in [2.24, 2.45) is 0 Å². The van der Waals surface area contributed by atoms with E-state index in [9.17, 15) is 4.79 Å². The van der Waals surface area contributed by atoms with Gasteiger partial charge in [-0.3, -0.25) is 0 Å². The molecule has 1 aliphatic heterocycles. The highest BCUT2D eigenvalue weighted by molar-refractivity contribution is 5.85. The number of aromatic nitrogens is 1. The number of carbonyl (C=O) groups is 1. The van der Waals surface area contributed by atoms with E-state index >= 15 is 0 Å². The molecule has 1 aromatic heterocycles. The van der Waals surface area contributed by atoms with E-state index in [-0.39, 0.29) is 6.17 Å². The summed E-state index contributed by atoms with van der Waals surface area (Å²) in [5, 5.41) is 12.2. The van der Waals surface area contributed by atoms with Crippen molar-refractivity contribution >= 4 is 23.6 Å². The van der Waals surface area contributed by atoms with Gasteiger partial charge in [-0.1, -0.05) is 12.1 Å². The number of anilines is 2. The zero-order chi connectivity index (χ0) is 17.8. The zero-order valence-electron chi connectivity index (χ0n) is 14.6. The van der Waals surface area contributed by atoms with Gasteiger partial charge in [0.05, 0.1) is 0 Å². The number of hydrogen-bond acceptors (Lipinski definition) is 4. The lowest BCUT2D eigenvalue weighted by molar-refractivity contribution is -0.131. The molecular formula is C20H23N3O2. The largest absolute Gasteiger partial charge is 0.478 e. The summed E-state index contributed by atoms with van der Waals surface area (Å²) in [6, 6.07) is 10.3. The fraction of sp³-hybridized carbons (Fsp3) is 0.300. The van der Waals surface area contributed by atoms with Crippen LogP contribution < -0.4 is 10.2 Å². The fourth-order valence-corrected chi connectivity index (χ4v) is 3.16. The maximum atomic E-state index is 10.6. The van der Waals surface area contributed by atoms with Crippen LogP contribution in [0.5, 0.6) is 0 Å². The Morgan fingerprint density at radius 2 is 2.16 bits per heavy atom. The first-order valence-corrected chi connectivity index (χ1v) is 8.50. The van der Waals surface area contributed by atoms with Crippen molar-refractivity contribution in [2.45, 2.75) is 32.9 Å². The molecule has 1 unspecified atom stereocenters. The standard InChI is InChI=1S/C20H23N3O2/c1-14-5-6-15(2)17(12-14)23-11-3-4-19(23)22-18-9-7-16(13-21-18)8-10-20(24)25/h5-10,12-13,19H,3-4,11H2,1-2H3,(H,21,22)(H,24,25)/b10-8-. The van der Waals surface area contributed by atoms with Crippen LogP contribution in [0, 0.1) is 13.8 Å². The van der Waals surface area contributed by atoms with E-state index in [1.54, 1.807) is 6.20 Å². The molecule has 1 aromatic carbocycles. The lowest BCUT2D eigenvalue weighted by Gasteiger charge is -2.29. The first-order valence-electron chi connectivity index (χ1n) is 8.50. The molecule has 0 aliphatic carbocycles. The quantitative estimate of drug-likeness (QED) is 0.812. The summed E-state index contributed by atoms with van der Waals surface area (Å²) in [7, 11) is 0. The normalized spacial score (nSPS) is 17.2. The summed E-state index contributed by atoms with van der Waals surface area (Å²) in [5.41, 5.74) is 4.59. The second-order valence-corrected chi connectivity index (χ2v) is 6.43. The Bertz CT molecular complexity index is 784. The molecule has 0 amide bonds. The van der Waals surface area contributed by atoms with Gasteiger partial charge in [-0.15, -0.1) is 0 Å². The van der Waals surface area contributed by atoms with E-state index in [1.807, 2.05) is 12.1 Å². The number of hydrogen-bond donors (Lipinski definition) is 2. The Hall–Kier alpha value is -2.82. The second kappa shape index (κ2) is 7.38. The minimum Gasteiger partial charge on any atom is -0.478 e. The maximum absolute atomic E-state index is 10.6. The number of aliphatic carboxylic acids is 1. The third-order valence-corrected chi connectivity index (χ3v) is 4.45. The first kappa shape index (κ1) is 17.0. The highest BCUT2D eigenvalue weighted by atomic mass is 16.4. The number of carboxylic acid groups (broad SMARTS) is 1. The third-order valence-electron chi connectivity index (χ3n) is 4.45. The van der Waals surface area contributed by atoms with Crippen molar-refractivity contribution in [1.82, 2.24) is 4.98 Å². The summed E-state index contributed by atoms with van der Waals surface area (Å²) in [6.07, 6.45) is 6.76. The molecule has 0 bridgehead atoms. The molecule has 0 radical (unpaired) electrons. The van der Waals surface area contributed by atoms with Gasteiger partial charge in [0.15, 0.2) is 0 Å². The molecule has 2 N–H and O–H groups in total. The number of aryl methyl sites for hydroxylation is 2. The molecule has 3 rings (SSSR count). The second-order valence-electron chi connectivity index (χ2n) is 6.43. The fourth-order valence-electron chi connectivity index (χ4n) is 3.16. The predicted molar refractivity (Wildman–Crippen MR) is 101 cm³/mol. The first-order chi connectivity index (χ1) is 12.0. The van der Waals surface area contributed by atoms with Crippen LogP contribution in [0.3, 0.4) is 0 Å². The molecule has 5 nitrogen and oxygen atoms in total. The Morgan fingerprint density at radius 1 is 1.32 bits per heavy atom. The number of rotatable bonds is 5. The topological polar surface area (TPSA) is 65.5 Å². The Balaban J connectivity index is 1.73. The molecule has 0 saturated carbocycles. The Kier molecular flexibility index (Phi) is 5.03. The highest BCUT2D eigenvalue weighted by Crippen LogP contribution is 2.29. The van der Waals surface area contributed by atoms with Gasteiger partial charge >= 0.3 is 5.97 Å². The molecule has 5 heteroatoms. The monoisotopic (exact) mass is 337 g/mol. The van der Waals surface area contributed by atoms with Crippen LogP contribution in [0.15, 0.2) is 42.6 Å². The van der Waals surface area contributed by atoms with Crippen molar-refractivity contribution in [3.05, 3.63) is 59.3 Å². The molecule has 2 aromatic rings. The van der Waals surface area contributed by atoms with Crippen molar-refractivity contribution in [3.63, 3.8) is 0 Å². The number of carboxylic acids is 1. The average molecular weight is 337 g/mol. The predicted octanol–water partition coefficient (Wildman–Crippen LogP) is 3.83. The van der Waals surface area contributed by atoms with Crippen LogP contribution in [0.2, 0.25) is 0 Å². The zero-order valence-corrected chi connectivity index (χ0v) is 14.6. The lowest BCUT2D eigenvalue weighted by atomic mass is 10.1. The van der Waals surface area contributed by atoms with Crippen LogP contribution in [-0.2, 0) is 4.79 Å². The van der Waals surface area contributed by atoms with Crippen molar-refractivity contribution in [2.75, 3.05) is 16.8 Å². The van der Waals surface area contributed by atoms with Crippen molar-refractivity contribution < 1.29 is 9.90 Å². The third kappa shape index (κ3) is 4.18. The van der Waals surface area contributed by atoms with Crippen LogP contribution in [0.25, 0.3) is 6.08 Å². The van der Waals surface area contributed by atoms with Gasteiger partial charge in [-0.2, -0.15) is 0 Å². The highest BCUT2D eigenvalue weighted by Gasteiger charge is 2.25. The molecule has 1 aliphatic rings. The van der Waals surface area contributed by atoms with Crippen LogP contribution in [0.1, 0.15) is 29.5 Å². The SMILES string of the molecule is Cc1ccc(C)c(N2CCCC2Nc2ccc(/C=C\C(=O)O)cn2)c1. The molecule has 1 saturated heterocycles. The van der Waals surface area contributed by atoms with Gasteiger partial charge < -0.3 is 15.3 Å². The van der Waals surface area contributed by atoms with E-state index in [0.717, 1.165) is 36.8 Å². The maximum Gasteiger partial charge on any atom is 0.328 e. The van der Waals surface area contributed by atoms with E-state index < -0.39 is 5.97 Å². The van der Waals surface area contributed by atoms with Gasteiger partial charge in [0.1, 0.15) is 12.0 Å². The van der Waals surface area contributed by atoms with Gasteiger partial charge in [0.2, 0.25) is 0 Å². The van der Waals surface area contributed by atoms with E-state index in [0.29, 0.717) is 0 Å². The molecular weight excluding hydrogens is 314 g/mol. The molecule has 2 heterocycles. The summed E-state index contributed by atoms with van der Waals surface area (Å²) in [6.45, 7) is 5.29. The number of benzene rings is 1. The molecule has 0 spiro atoms. The summed E-state index contributed by atoms with van der Waals surface area (Å²) < 4.78 is 0. The molecule has 25 heavy (non-hydrogen) atoms. The molecule has 130 valence electrons. The van der Waals surface area contributed by atoms with Crippen LogP contribution >= 0.6 is 0 Å². The summed E-state index contributed by atoms with van der Waals surface area (Å²) in [5.74, 6) is -0.160. The van der Waals surface area contributed by atoms with Crippen LogP contribution in [0.4, 0.5) is 11.5 Å². The minimum absolute atomic E-state index is 0.216. The lowest BCUT2D eigenvalue weighted by Crippen LogP contribution is -2.36. The minimum atomic E-state index is -0.961. The Morgan fingerprint density at radius 3 is 2.88 bits per heavy atom. The average Bonchev–Trinajstić information content (AvgIpc) is 3.04. The number of nitrogens with zero attached hydrogens (tertiary/aromatic N) is 2. The molecule has 1 atom stereocenters. The van der Waals surface area contributed by atoms with Crippen LogP contribution in [-0.4, -0.2) is 28.8 Å². The smallest absolute Gasteiger partial charge is 0.328 e. The number of pyridine rings is 1. The van der Waals surface area contributed by atoms with E-state index in [1.165, 1.54) is 22.9 Å².